The van der Waals surface area contributed by atoms with Gasteiger partial charge in [0.2, 0.25) is 10.0 Å². The average Bonchev–Trinajstić information content (AvgIpc) is 3.30. The highest BCUT2D eigenvalue weighted by Gasteiger charge is 2.29. The molecule has 1 fully saturated rings. The second-order valence-electron chi connectivity index (χ2n) is 7.67. The molecule has 1 saturated heterocycles. The van der Waals surface area contributed by atoms with Crippen molar-refractivity contribution in [3.05, 3.63) is 84.1 Å². The Morgan fingerprint density at radius 1 is 1.00 bits per heavy atom. The van der Waals surface area contributed by atoms with Crippen LogP contribution in [0.3, 0.4) is 0 Å². The topological polar surface area (TPSA) is 65.8 Å². The molecule has 6 nitrogen and oxygen atoms in total. The summed E-state index contributed by atoms with van der Waals surface area (Å²) in [4.78, 5) is 4.43. The van der Waals surface area contributed by atoms with Crippen molar-refractivity contribution < 1.29 is 17.2 Å². The maximum atomic E-state index is 14.1. The Hall–Kier alpha value is -2.68. The standard InChI is InChI=1S/C23H26FN3O3S/c1-18-8-10-19(11-9-18)31(28,29)25-17-22(23-7-4-16-30-23)27-14-12-26(13-15-27)21-6-3-2-5-20(21)24/h2-11,16,22,25H,12-15,17H2,1H3/t22-/m1/s1. The van der Waals surface area contributed by atoms with Crippen LogP contribution in [0.15, 0.2) is 76.2 Å². The number of para-hydroxylation sites is 1. The van der Waals surface area contributed by atoms with Gasteiger partial charge in [-0.05, 0) is 43.3 Å². The number of aryl methyl sites for hydroxylation is 1. The highest BCUT2D eigenvalue weighted by atomic mass is 32.2. The SMILES string of the molecule is Cc1ccc(S(=O)(=O)NC[C@H](c2ccco2)N2CCN(c3ccccc3F)CC2)cc1. The normalized spacial score (nSPS) is 16.4. The zero-order valence-corrected chi connectivity index (χ0v) is 18.2. The molecule has 0 amide bonds. The quantitative estimate of drug-likeness (QED) is 0.605. The van der Waals surface area contributed by atoms with Gasteiger partial charge in [-0.15, -0.1) is 0 Å². The van der Waals surface area contributed by atoms with E-state index in [1.54, 1.807) is 48.7 Å². The van der Waals surface area contributed by atoms with Gasteiger partial charge in [-0.3, -0.25) is 4.90 Å². The molecule has 0 unspecified atom stereocenters. The van der Waals surface area contributed by atoms with E-state index in [-0.39, 0.29) is 23.3 Å². The van der Waals surface area contributed by atoms with Gasteiger partial charge < -0.3 is 9.32 Å². The van der Waals surface area contributed by atoms with Crippen LogP contribution in [0.4, 0.5) is 10.1 Å². The molecule has 1 atom stereocenters. The third kappa shape index (κ3) is 4.98. The van der Waals surface area contributed by atoms with E-state index in [9.17, 15) is 12.8 Å². The molecule has 1 aliphatic heterocycles. The van der Waals surface area contributed by atoms with Crippen LogP contribution in [-0.4, -0.2) is 46.0 Å². The molecule has 0 aliphatic carbocycles. The second kappa shape index (κ2) is 9.21. The third-order valence-electron chi connectivity index (χ3n) is 5.62. The summed E-state index contributed by atoms with van der Waals surface area (Å²) in [5.41, 5.74) is 1.59. The van der Waals surface area contributed by atoms with Crippen LogP contribution in [-0.2, 0) is 10.0 Å². The van der Waals surface area contributed by atoms with Crippen molar-refractivity contribution in [2.75, 3.05) is 37.6 Å². The van der Waals surface area contributed by atoms with Crippen molar-refractivity contribution in [3.8, 4) is 0 Å². The predicted molar refractivity (Wildman–Crippen MR) is 118 cm³/mol. The van der Waals surface area contributed by atoms with Crippen LogP contribution in [0.25, 0.3) is 0 Å². The first-order chi connectivity index (χ1) is 14.9. The van der Waals surface area contributed by atoms with Gasteiger partial charge in [-0.1, -0.05) is 29.8 Å². The molecular weight excluding hydrogens is 417 g/mol. The number of rotatable bonds is 7. The third-order valence-corrected chi connectivity index (χ3v) is 7.06. The number of nitrogens with zero attached hydrogens (tertiary/aromatic N) is 2. The second-order valence-corrected chi connectivity index (χ2v) is 9.44. The van der Waals surface area contributed by atoms with Crippen LogP contribution in [0, 0.1) is 12.7 Å². The molecule has 1 aliphatic rings. The van der Waals surface area contributed by atoms with E-state index >= 15 is 0 Å². The number of furan rings is 1. The minimum absolute atomic E-state index is 0.184. The van der Waals surface area contributed by atoms with Gasteiger partial charge in [0.1, 0.15) is 11.6 Å². The highest BCUT2D eigenvalue weighted by Crippen LogP contribution is 2.26. The van der Waals surface area contributed by atoms with Gasteiger partial charge in [-0.25, -0.2) is 17.5 Å². The molecule has 31 heavy (non-hydrogen) atoms. The molecule has 0 radical (unpaired) electrons. The van der Waals surface area contributed by atoms with E-state index < -0.39 is 10.0 Å². The number of piperazine rings is 1. The summed E-state index contributed by atoms with van der Waals surface area (Å²) < 4.78 is 48.0. The van der Waals surface area contributed by atoms with E-state index in [0.717, 1.165) is 5.56 Å². The summed E-state index contributed by atoms with van der Waals surface area (Å²) in [6.07, 6.45) is 1.59. The zero-order chi connectivity index (χ0) is 21.8. The minimum Gasteiger partial charge on any atom is -0.468 e. The Morgan fingerprint density at radius 3 is 2.35 bits per heavy atom. The number of hydrogen-bond donors (Lipinski definition) is 1. The van der Waals surface area contributed by atoms with Crippen molar-refractivity contribution in [3.63, 3.8) is 0 Å². The molecule has 1 N–H and O–H groups in total. The van der Waals surface area contributed by atoms with Crippen LogP contribution >= 0.6 is 0 Å². The Balaban J connectivity index is 1.46. The molecule has 2 heterocycles. The van der Waals surface area contributed by atoms with Crippen LogP contribution in [0.5, 0.6) is 0 Å². The van der Waals surface area contributed by atoms with Gasteiger partial charge in [0.15, 0.2) is 0 Å². The Labute approximate surface area is 182 Å². The fourth-order valence-corrected chi connectivity index (χ4v) is 4.90. The molecule has 0 bridgehead atoms. The first-order valence-corrected chi connectivity index (χ1v) is 11.8. The van der Waals surface area contributed by atoms with E-state index in [1.165, 1.54) is 6.07 Å². The molecule has 0 spiro atoms. The smallest absolute Gasteiger partial charge is 0.240 e. The lowest BCUT2D eigenvalue weighted by Gasteiger charge is -2.39. The van der Waals surface area contributed by atoms with Gasteiger partial charge in [-0.2, -0.15) is 0 Å². The maximum Gasteiger partial charge on any atom is 0.240 e. The van der Waals surface area contributed by atoms with Gasteiger partial charge >= 0.3 is 0 Å². The first kappa shape index (κ1) is 21.5. The van der Waals surface area contributed by atoms with Gasteiger partial charge in [0, 0.05) is 32.7 Å². The molecular formula is C23H26FN3O3S. The van der Waals surface area contributed by atoms with Gasteiger partial charge in [0.25, 0.3) is 0 Å². The molecule has 2 aromatic carbocycles. The first-order valence-electron chi connectivity index (χ1n) is 10.3. The summed E-state index contributed by atoms with van der Waals surface area (Å²) in [6.45, 7) is 4.70. The molecule has 0 saturated carbocycles. The number of nitrogens with one attached hydrogen (secondary N) is 1. The zero-order valence-electron chi connectivity index (χ0n) is 17.4. The number of sulfonamides is 1. The number of hydrogen-bond acceptors (Lipinski definition) is 5. The molecule has 4 rings (SSSR count). The van der Waals surface area contributed by atoms with E-state index in [0.29, 0.717) is 37.6 Å². The largest absolute Gasteiger partial charge is 0.468 e. The summed E-state index contributed by atoms with van der Waals surface area (Å²) in [6, 6.07) is 16.9. The lowest BCUT2D eigenvalue weighted by atomic mass is 10.1. The molecule has 1 aromatic heterocycles. The fraction of sp³-hybridized carbons (Fsp3) is 0.304. The van der Waals surface area contributed by atoms with Crippen molar-refractivity contribution in [1.82, 2.24) is 9.62 Å². The summed E-state index contributed by atoms with van der Waals surface area (Å²) in [5, 5.41) is 0. The fourth-order valence-electron chi connectivity index (χ4n) is 3.86. The van der Waals surface area contributed by atoms with Crippen molar-refractivity contribution in [1.29, 1.82) is 0 Å². The van der Waals surface area contributed by atoms with Gasteiger partial charge in [0.05, 0.1) is 22.9 Å². The minimum atomic E-state index is -3.64. The van der Waals surface area contributed by atoms with E-state index in [4.69, 9.17) is 4.42 Å². The van der Waals surface area contributed by atoms with E-state index in [2.05, 4.69) is 9.62 Å². The maximum absolute atomic E-state index is 14.1. The van der Waals surface area contributed by atoms with Crippen molar-refractivity contribution in [2.45, 2.75) is 17.9 Å². The lowest BCUT2D eigenvalue weighted by Crippen LogP contribution is -2.50. The summed E-state index contributed by atoms with van der Waals surface area (Å²) in [7, 11) is -3.64. The lowest BCUT2D eigenvalue weighted by molar-refractivity contribution is 0.166. The Morgan fingerprint density at radius 2 is 1.71 bits per heavy atom. The number of halogens is 1. The molecule has 164 valence electrons. The van der Waals surface area contributed by atoms with Crippen LogP contribution in [0.1, 0.15) is 17.4 Å². The molecule has 3 aromatic rings. The summed E-state index contributed by atoms with van der Waals surface area (Å²) in [5.74, 6) is 0.468. The monoisotopic (exact) mass is 443 g/mol. The van der Waals surface area contributed by atoms with Crippen LogP contribution < -0.4 is 9.62 Å². The average molecular weight is 444 g/mol. The Bertz CT molecular complexity index is 1090. The van der Waals surface area contributed by atoms with Crippen molar-refractivity contribution >= 4 is 15.7 Å². The van der Waals surface area contributed by atoms with Crippen molar-refractivity contribution in [2.24, 2.45) is 0 Å². The summed E-state index contributed by atoms with van der Waals surface area (Å²) >= 11 is 0. The Kier molecular flexibility index (Phi) is 6.41. The number of benzene rings is 2. The van der Waals surface area contributed by atoms with E-state index in [1.807, 2.05) is 24.0 Å². The highest BCUT2D eigenvalue weighted by molar-refractivity contribution is 7.89. The number of anilines is 1. The molecule has 8 heteroatoms. The van der Waals surface area contributed by atoms with Crippen LogP contribution in [0.2, 0.25) is 0 Å². The predicted octanol–water partition coefficient (Wildman–Crippen LogP) is 3.57.